The number of hydrogen-bond donors (Lipinski definition) is 0. The maximum absolute atomic E-state index is 11.8. The first-order chi connectivity index (χ1) is 5.53. The van der Waals surface area contributed by atoms with Gasteiger partial charge in [-0.2, -0.15) is 0 Å². The maximum Gasteiger partial charge on any atom is 0.139 e. The van der Waals surface area contributed by atoms with Gasteiger partial charge in [-0.15, -0.1) is 0 Å². The Kier molecular flexibility index (Phi) is 1.47. The van der Waals surface area contributed by atoms with E-state index in [0.29, 0.717) is 17.1 Å². The summed E-state index contributed by atoms with van der Waals surface area (Å²) in [5.74, 6) is 1.17. The fourth-order valence-corrected chi connectivity index (χ4v) is 3.32. The van der Waals surface area contributed by atoms with Gasteiger partial charge in [0.05, 0.1) is 0 Å². The van der Waals surface area contributed by atoms with Gasteiger partial charge in [0.1, 0.15) is 5.78 Å². The maximum atomic E-state index is 11.8. The molecule has 0 heterocycles. The van der Waals surface area contributed by atoms with E-state index >= 15 is 0 Å². The Bertz CT molecular complexity index is 229. The zero-order valence-corrected chi connectivity index (χ0v) is 8.31. The highest BCUT2D eigenvalue weighted by Crippen LogP contribution is 2.72. The number of hydrogen-bond acceptors (Lipinski definition) is 1. The van der Waals surface area contributed by atoms with Crippen LogP contribution in [0.25, 0.3) is 0 Å². The van der Waals surface area contributed by atoms with E-state index in [2.05, 4.69) is 20.8 Å². The molecule has 2 fully saturated rings. The van der Waals surface area contributed by atoms with Crippen LogP contribution in [0.1, 0.15) is 46.5 Å². The second-order valence-electron chi connectivity index (χ2n) is 5.05. The van der Waals surface area contributed by atoms with E-state index < -0.39 is 0 Å². The van der Waals surface area contributed by atoms with E-state index in [4.69, 9.17) is 0 Å². The summed E-state index contributed by atoms with van der Waals surface area (Å²) in [6.07, 6.45) is 4.39. The van der Waals surface area contributed by atoms with Crippen LogP contribution in [0.5, 0.6) is 0 Å². The smallest absolute Gasteiger partial charge is 0.139 e. The molecule has 2 aliphatic rings. The molecular weight excluding hydrogens is 148 g/mol. The molecule has 0 aromatic rings. The van der Waals surface area contributed by atoms with Gasteiger partial charge in [0.25, 0.3) is 0 Å². The zero-order valence-electron chi connectivity index (χ0n) is 8.31. The SMILES string of the molecule is C[C@@H]1C(C)(C)[C@@]12CCCCC2=O. The Morgan fingerprint density at radius 2 is 1.92 bits per heavy atom. The lowest BCUT2D eigenvalue weighted by Crippen LogP contribution is -2.25. The number of ketones is 1. The average molecular weight is 166 g/mol. The fourth-order valence-electron chi connectivity index (χ4n) is 3.32. The minimum atomic E-state index is 0.102. The molecule has 12 heavy (non-hydrogen) atoms. The van der Waals surface area contributed by atoms with Gasteiger partial charge in [-0.1, -0.05) is 27.2 Å². The molecule has 0 unspecified atom stereocenters. The summed E-state index contributed by atoms with van der Waals surface area (Å²) >= 11 is 0. The van der Waals surface area contributed by atoms with Crippen molar-refractivity contribution in [2.75, 3.05) is 0 Å². The summed E-state index contributed by atoms with van der Waals surface area (Å²) in [5.41, 5.74) is 0.399. The van der Waals surface area contributed by atoms with E-state index in [9.17, 15) is 4.79 Å². The predicted octanol–water partition coefficient (Wildman–Crippen LogP) is 2.79. The molecule has 0 saturated heterocycles. The van der Waals surface area contributed by atoms with E-state index in [1.807, 2.05) is 0 Å². The first kappa shape index (κ1) is 8.28. The summed E-state index contributed by atoms with van der Waals surface area (Å²) in [4.78, 5) is 11.8. The van der Waals surface area contributed by atoms with Crippen molar-refractivity contribution >= 4 is 5.78 Å². The van der Waals surface area contributed by atoms with Crippen LogP contribution in [0.2, 0.25) is 0 Å². The molecule has 1 nitrogen and oxygen atoms in total. The summed E-state index contributed by atoms with van der Waals surface area (Å²) in [5, 5.41) is 0. The number of Topliss-reactive ketones (excluding diaryl/α,β-unsaturated/α-hetero) is 1. The predicted molar refractivity (Wildman–Crippen MR) is 48.9 cm³/mol. The topological polar surface area (TPSA) is 17.1 Å². The van der Waals surface area contributed by atoms with Gasteiger partial charge in [0.2, 0.25) is 0 Å². The Labute approximate surface area is 74.5 Å². The Balaban J connectivity index is 2.28. The highest BCUT2D eigenvalue weighted by molar-refractivity contribution is 5.90. The molecule has 68 valence electrons. The van der Waals surface area contributed by atoms with Crippen LogP contribution in [0.15, 0.2) is 0 Å². The minimum Gasteiger partial charge on any atom is -0.299 e. The number of carbonyl (C=O) groups is 1. The van der Waals surface area contributed by atoms with Gasteiger partial charge >= 0.3 is 0 Å². The molecule has 1 spiro atoms. The van der Waals surface area contributed by atoms with Crippen molar-refractivity contribution < 1.29 is 4.79 Å². The monoisotopic (exact) mass is 166 g/mol. The van der Waals surface area contributed by atoms with Gasteiger partial charge < -0.3 is 0 Å². The van der Waals surface area contributed by atoms with E-state index in [0.717, 1.165) is 19.3 Å². The second kappa shape index (κ2) is 2.12. The Morgan fingerprint density at radius 3 is 2.25 bits per heavy atom. The first-order valence-corrected chi connectivity index (χ1v) is 5.07. The van der Waals surface area contributed by atoms with Crippen LogP contribution in [0.4, 0.5) is 0 Å². The third kappa shape index (κ3) is 0.681. The molecule has 0 aromatic heterocycles. The Morgan fingerprint density at radius 1 is 1.33 bits per heavy atom. The van der Waals surface area contributed by atoms with Crippen molar-refractivity contribution in [1.29, 1.82) is 0 Å². The summed E-state index contributed by atoms with van der Waals surface area (Å²) in [6.45, 7) is 6.74. The lowest BCUT2D eigenvalue weighted by molar-refractivity contribution is -0.127. The molecule has 1 heteroatoms. The van der Waals surface area contributed by atoms with Crippen molar-refractivity contribution in [2.24, 2.45) is 16.7 Å². The highest BCUT2D eigenvalue weighted by atomic mass is 16.1. The van der Waals surface area contributed by atoms with Crippen LogP contribution < -0.4 is 0 Å². The Hall–Kier alpha value is -0.330. The van der Waals surface area contributed by atoms with Gasteiger partial charge in [-0.3, -0.25) is 4.79 Å². The molecule has 2 aliphatic carbocycles. The largest absolute Gasteiger partial charge is 0.299 e. The molecule has 0 N–H and O–H groups in total. The molecule has 0 aromatic carbocycles. The molecule has 0 aliphatic heterocycles. The lowest BCUT2D eigenvalue weighted by atomic mass is 9.79. The van der Waals surface area contributed by atoms with Gasteiger partial charge in [0, 0.05) is 11.8 Å². The second-order valence-corrected chi connectivity index (χ2v) is 5.05. The normalized spacial score (nSPS) is 44.9. The van der Waals surface area contributed by atoms with Crippen molar-refractivity contribution in [3.05, 3.63) is 0 Å². The van der Waals surface area contributed by atoms with Gasteiger partial charge in [-0.05, 0) is 24.2 Å². The molecule has 2 saturated carbocycles. The first-order valence-electron chi connectivity index (χ1n) is 5.07. The van der Waals surface area contributed by atoms with Crippen LogP contribution in [0.3, 0.4) is 0 Å². The summed E-state index contributed by atoms with van der Waals surface area (Å²) < 4.78 is 0. The lowest BCUT2D eigenvalue weighted by Gasteiger charge is -2.23. The molecule has 2 rings (SSSR count). The van der Waals surface area contributed by atoms with E-state index in [1.54, 1.807) is 0 Å². The van der Waals surface area contributed by atoms with Crippen molar-refractivity contribution in [3.8, 4) is 0 Å². The zero-order chi connectivity index (χ0) is 8.98. The van der Waals surface area contributed by atoms with Crippen LogP contribution in [-0.2, 0) is 4.79 Å². The molecule has 0 amide bonds. The molecule has 2 atom stereocenters. The quantitative estimate of drug-likeness (QED) is 0.541. The average Bonchev–Trinajstić information content (AvgIpc) is 2.43. The van der Waals surface area contributed by atoms with Crippen molar-refractivity contribution in [3.63, 3.8) is 0 Å². The van der Waals surface area contributed by atoms with Crippen LogP contribution >= 0.6 is 0 Å². The van der Waals surface area contributed by atoms with Crippen molar-refractivity contribution in [2.45, 2.75) is 46.5 Å². The van der Waals surface area contributed by atoms with Gasteiger partial charge in [-0.25, -0.2) is 0 Å². The summed E-state index contributed by atoms with van der Waals surface area (Å²) in [6, 6.07) is 0. The minimum absolute atomic E-state index is 0.102. The number of carbonyl (C=O) groups excluding carboxylic acids is 1. The van der Waals surface area contributed by atoms with Crippen molar-refractivity contribution in [1.82, 2.24) is 0 Å². The third-order valence-corrected chi connectivity index (χ3v) is 4.61. The van der Waals surface area contributed by atoms with Gasteiger partial charge in [0.15, 0.2) is 0 Å². The molecule has 0 bridgehead atoms. The highest BCUT2D eigenvalue weighted by Gasteiger charge is 2.71. The molecule has 0 radical (unpaired) electrons. The van der Waals surface area contributed by atoms with E-state index in [1.165, 1.54) is 6.42 Å². The van der Waals surface area contributed by atoms with E-state index in [-0.39, 0.29) is 5.41 Å². The molecular formula is C11H18O. The fraction of sp³-hybridized carbons (Fsp3) is 0.909. The van der Waals surface area contributed by atoms with Crippen LogP contribution in [0, 0.1) is 16.7 Å². The standard InChI is InChI=1S/C11H18O/c1-8-10(2,3)11(8)7-5-4-6-9(11)12/h8H,4-7H2,1-3H3/t8-,11+/m1/s1. The van der Waals surface area contributed by atoms with Crippen LogP contribution in [-0.4, -0.2) is 5.78 Å². The third-order valence-electron chi connectivity index (χ3n) is 4.61. The summed E-state index contributed by atoms with van der Waals surface area (Å²) in [7, 11) is 0. The number of rotatable bonds is 0.